The smallest absolute Gasteiger partial charge is 0.335 e. The van der Waals surface area contributed by atoms with E-state index in [1.54, 1.807) is 49.4 Å². The van der Waals surface area contributed by atoms with E-state index < -0.39 is 17.2 Å². The van der Waals surface area contributed by atoms with Crippen LogP contribution < -0.4 is 5.32 Å². The van der Waals surface area contributed by atoms with Crippen LogP contribution in [0.25, 0.3) is 22.3 Å². The second-order valence-electron chi connectivity index (χ2n) is 9.53. The maximum Gasteiger partial charge on any atom is 0.335 e. The summed E-state index contributed by atoms with van der Waals surface area (Å²) in [6.07, 6.45) is 0.533. The Hall–Kier alpha value is -4.45. The Morgan fingerprint density at radius 1 is 0.972 bits per heavy atom. The number of carboxylic acids is 1. The van der Waals surface area contributed by atoms with Crippen LogP contribution in [0, 0.1) is 12.7 Å². The van der Waals surface area contributed by atoms with E-state index in [1.165, 1.54) is 6.07 Å². The molecule has 2 atom stereocenters. The number of carbonyl (C=O) groups excluding carboxylic acids is 1. The summed E-state index contributed by atoms with van der Waals surface area (Å²) in [7, 11) is 0. The Kier molecular flexibility index (Phi) is 4.76. The second-order valence-corrected chi connectivity index (χ2v) is 9.53. The van der Waals surface area contributed by atoms with E-state index in [0.717, 1.165) is 16.7 Å². The highest BCUT2D eigenvalue weighted by atomic mass is 19.1. The first-order valence-electron chi connectivity index (χ1n) is 11.7. The Balaban J connectivity index is 1.38. The van der Waals surface area contributed by atoms with Crippen molar-refractivity contribution in [2.75, 3.05) is 5.32 Å². The SMILES string of the molecule is Cc1ccc(C2CC23C(=O)Nc2cc(F)c(-c4ccc(-c5ccccc5O)cc4)cc23)cc1C(=O)O. The maximum absolute atomic E-state index is 15.2. The molecular formula is C30H22FNO4. The number of para-hydroxylation sites is 1. The summed E-state index contributed by atoms with van der Waals surface area (Å²) >= 11 is 0. The number of benzene rings is 4. The van der Waals surface area contributed by atoms with Crippen molar-refractivity contribution in [2.24, 2.45) is 0 Å². The minimum atomic E-state index is -1.00. The Morgan fingerprint density at radius 2 is 1.67 bits per heavy atom. The van der Waals surface area contributed by atoms with E-state index >= 15 is 4.39 Å². The third kappa shape index (κ3) is 3.22. The summed E-state index contributed by atoms with van der Waals surface area (Å²) in [4.78, 5) is 24.7. The maximum atomic E-state index is 15.2. The molecule has 0 bridgehead atoms. The van der Waals surface area contributed by atoms with Gasteiger partial charge in [0.25, 0.3) is 0 Å². The molecule has 178 valence electrons. The molecule has 6 rings (SSSR count). The number of hydrogen-bond acceptors (Lipinski definition) is 3. The summed E-state index contributed by atoms with van der Waals surface area (Å²) in [6.45, 7) is 1.74. The number of hydrogen-bond donors (Lipinski definition) is 3. The van der Waals surface area contributed by atoms with Gasteiger partial charge in [-0.1, -0.05) is 54.6 Å². The lowest BCUT2D eigenvalue weighted by atomic mass is 9.88. The van der Waals surface area contributed by atoms with Crippen molar-refractivity contribution in [1.82, 2.24) is 0 Å². The summed E-state index contributed by atoms with van der Waals surface area (Å²) in [6, 6.07) is 22.7. The van der Waals surface area contributed by atoms with Crippen molar-refractivity contribution >= 4 is 17.6 Å². The minimum absolute atomic E-state index is 0.169. The van der Waals surface area contributed by atoms with Gasteiger partial charge in [-0.2, -0.15) is 0 Å². The number of phenolic OH excluding ortho intramolecular Hbond substituents is 1. The number of rotatable bonds is 4. The standard InChI is InChI=1S/C30H22FNO4/c1-16-6-7-19(12-21(16)28(34)35)24-15-30(24)23-13-22(25(31)14-26(23)32-29(30)36)18-10-8-17(9-11-18)20-4-2-3-5-27(20)33/h2-14,24,33H,15H2,1H3,(H,32,36)(H,34,35). The lowest BCUT2D eigenvalue weighted by molar-refractivity contribution is -0.118. The first kappa shape index (κ1) is 22.0. The van der Waals surface area contributed by atoms with Crippen LogP contribution in [0.5, 0.6) is 5.75 Å². The number of aromatic carboxylic acids is 1. The number of carbonyl (C=O) groups is 2. The van der Waals surface area contributed by atoms with Gasteiger partial charge in [0.1, 0.15) is 11.6 Å². The van der Waals surface area contributed by atoms with Crippen molar-refractivity contribution in [3.63, 3.8) is 0 Å². The van der Waals surface area contributed by atoms with E-state index in [-0.39, 0.29) is 23.1 Å². The Labute approximate surface area is 206 Å². The van der Waals surface area contributed by atoms with Crippen LogP contribution in [-0.2, 0) is 10.2 Å². The van der Waals surface area contributed by atoms with Gasteiger partial charge in [-0.15, -0.1) is 0 Å². The van der Waals surface area contributed by atoms with Crippen LogP contribution in [-0.4, -0.2) is 22.1 Å². The number of nitrogens with one attached hydrogen (secondary N) is 1. The van der Waals surface area contributed by atoms with Crippen LogP contribution in [0.3, 0.4) is 0 Å². The average molecular weight is 480 g/mol. The molecule has 0 radical (unpaired) electrons. The summed E-state index contributed by atoms with van der Waals surface area (Å²) in [5.41, 5.74) is 4.56. The van der Waals surface area contributed by atoms with Gasteiger partial charge in [0, 0.05) is 22.7 Å². The molecule has 2 unspecified atom stereocenters. The molecular weight excluding hydrogens is 457 g/mol. The number of aryl methyl sites for hydroxylation is 1. The molecule has 1 saturated carbocycles. The molecule has 1 spiro atoms. The van der Waals surface area contributed by atoms with Crippen LogP contribution in [0.2, 0.25) is 0 Å². The molecule has 4 aromatic rings. The lowest BCUT2D eigenvalue weighted by Gasteiger charge is -2.13. The van der Waals surface area contributed by atoms with Crippen LogP contribution in [0.1, 0.15) is 39.4 Å². The molecule has 2 aliphatic rings. The van der Waals surface area contributed by atoms with Crippen LogP contribution >= 0.6 is 0 Å². The quantitative estimate of drug-likeness (QED) is 0.323. The van der Waals surface area contributed by atoms with Crippen molar-refractivity contribution in [3.8, 4) is 28.0 Å². The molecule has 1 aliphatic carbocycles. The highest BCUT2D eigenvalue weighted by Crippen LogP contribution is 2.65. The van der Waals surface area contributed by atoms with Crippen LogP contribution in [0.15, 0.2) is 78.9 Å². The van der Waals surface area contributed by atoms with E-state index in [0.29, 0.717) is 34.4 Å². The van der Waals surface area contributed by atoms with Crippen molar-refractivity contribution < 1.29 is 24.2 Å². The molecule has 4 aromatic carbocycles. The summed E-state index contributed by atoms with van der Waals surface area (Å²) in [5, 5.41) is 22.5. The highest BCUT2D eigenvalue weighted by molar-refractivity contribution is 6.10. The number of fused-ring (bicyclic) bond motifs is 2. The minimum Gasteiger partial charge on any atom is -0.507 e. The zero-order chi connectivity index (χ0) is 25.2. The van der Waals surface area contributed by atoms with Crippen LogP contribution in [0.4, 0.5) is 10.1 Å². The monoisotopic (exact) mass is 479 g/mol. The molecule has 1 heterocycles. The number of phenols is 1. The van der Waals surface area contributed by atoms with E-state index in [2.05, 4.69) is 5.32 Å². The van der Waals surface area contributed by atoms with Gasteiger partial charge in [-0.05, 0) is 65.4 Å². The van der Waals surface area contributed by atoms with Crippen molar-refractivity contribution in [2.45, 2.75) is 24.7 Å². The molecule has 6 heteroatoms. The highest BCUT2D eigenvalue weighted by Gasteiger charge is 2.65. The normalized spacial score (nSPS) is 19.7. The fourth-order valence-corrected chi connectivity index (χ4v) is 5.47. The fourth-order valence-electron chi connectivity index (χ4n) is 5.47. The van der Waals surface area contributed by atoms with Gasteiger partial charge in [0.05, 0.1) is 11.0 Å². The van der Waals surface area contributed by atoms with Gasteiger partial charge >= 0.3 is 5.97 Å². The van der Waals surface area contributed by atoms with Gasteiger partial charge in [0.15, 0.2) is 0 Å². The van der Waals surface area contributed by atoms with E-state index in [9.17, 15) is 19.8 Å². The number of carboxylic acid groups (broad SMARTS) is 1. The predicted octanol–water partition coefficient (Wildman–Crippen LogP) is 6.25. The zero-order valence-electron chi connectivity index (χ0n) is 19.4. The van der Waals surface area contributed by atoms with Gasteiger partial charge in [-0.25, -0.2) is 9.18 Å². The van der Waals surface area contributed by atoms with Crippen molar-refractivity contribution in [3.05, 3.63) is 107 Å². The van der Waals surface area contributed by atoms with Gasteiger partial charge < -0.3 is 15.5 Å². The Bertz CT molecular complexity index is 1580. The molecule has 0 saturated heterocycles. The van der Waals surface area contributed by atoms with Gasteiger partial charge in [-0.3, -0.25) is 4.79 Å². The molecule has 1 fully saturated rings. The van der Waals surface area contributed by atoms with Gasteiger partial charge in [0.2, 0.25) is 5.91 Å². The lowest BCUT2D eigenvalue weighted by Crippen LogP contribution is -2.21. The number of anilines is 1. The van der Waals surface area contributed by atoms with E-state index in [4.69, 9.17) is 0 Å². The third-order valence-electron chi connectivity index (χ3n) is 7.51. The third-order valence-corrected chi connectivity index (χ3v) is 7.51. The van der Waals surface area contributed by atoms with E-state index in [1.807, 2.05) is 30.3 Å². The molecule has 1 aliphatic heterocycles. The zero-order valence-corrected chi connectivity index (χ0v) is 19.4. The number of amides is 1. The molecule has 5 nitrogen and oxygen atoms in total. The average Bonchev–Trinajstić information content (AvgIpc) is 3.55. The Morgan fingerprint density at radius 3 is 2.36 bits per heavy atom. The number of aromatic hydroxyl groups is 1. The molecule has 0 aromatic heterocycles. The topological polar surface area (TPSA) is 86.6 Å². The largest absolute Gasteiger partial charge is 0.507 e. The summed E-state index contributed by atoms with van der Waals surface area (Å²) < 4.78 is 15.2. The first-order chi connectivity index (χ1) is 17.3. The fraction of sp³-hybridized carbons (Fsp3) is 0.133. The second kappa shape index (κ2) is 7.78. The molecule has 3 N–H and O–H groups in total. The predicted molar refractivity (Wildman–Crippen MR) is 135 cm³/mol. The number of halogens is 1. The first-order valence-corrected chi connectivity index (χ1v) is 11.7. The summed E-state index contributed by atoms with van der Waals surface area (Å²) in [5.74, 6) is -1.65. The molecule has 36 heavy (non-hydrogen) atoms. The van der Waals surface area contributed by atoms with Crippen molar-refractivity contribution in [1.29, 1.82) is 0 Å². The molecule has 1 amide bonds.